The first kappa shape index (κ1) is 19.9. The van der Waals surface area contributed by atoms with Gasteiger partial charge >= 0.3 is 11.7 Å². The number of ether oxygens (including phenoxy) is 2. The van der Waals surface area contributed by atoms with Crippen molar-refractivity contribution in [3.05, 3.63) is 56.1 Å². The van der Waals surface area contributed by atoms with Crippen LogP contribution >= 0.6 is 11.6 Å². The van der Waals surface area contributed by atoms with Gasteiger partial charge in [-0.3, -0.25) is 18.7 Å². The van der Waals surface area contributed by atoms with Gasteiger partial charge in [0.15, 0.2) is 0 Å². The molecule has 0 N–H and O–H groups in total. The molecule has 0 saturated heterocycles. The molecule has 1 unspecified atom stereocenters. The van der Waals surface area contributed by atoms with E-state index in [0.717, 1.165) is 15.2 Å². The Bertz CT molecular complexity index is 938. The summed E-state index contributed by atoms with van der Waals surface area (Å²) in [5.74, 6) is -1.38. The lowest BCUT2D eigenvalue weighted by atomic mass is 10.1. The van der Waals surface area contributed by atoms with E-state index in [-0.39, 0.29) is 22.8 Å². The van der Waals surface area contributed by atoms with Crippen LogP contribution in [0.15, 0.2) is 34.0 Å². The molecule has 1 heterocycles. The lowest BCUT2D eigenvalue weighted by Crippen LogP contribution is -2.43. The average molecular weight is 385 g/mol. The Labute approximate surface area is 153 Å². The van der Waals surface area contributed by atoms with Gasteiger partial charge in [0.05, 0.1) is 30.3 Å². The molecule has 0 saturated carbocycles. The van der Waals surface area contributed by atoms with Crippen molar-refractivity contribution in [1.82, 2.24) is 9.13 Å². The smallest absolute Gasteiger partial charge is 0.331 e. The number of rotatable bonds is 6. The summed E-state index contributed by atoms with van der Waals surface area (Å²) >= 11 is 5.99. The fraction of sp³-hybridized carbons (Fsp3) is 0.353. The van der Waals surface area contributed by atoms with Crippen molar-refractivity contribution in [3.8, 4) is 11.1 Å². The summed E-state index contributed by atoms with van der Waals surface area (Å²) in [6, 6.07) is 3.40. The summed E-state index contributed by atoms with van der Waals surface area (Å²) in [7, 11) is 2.61. The Balaban J connectivity index is 2.79. The van der Waals surface area contributed by atoms with Crippen LogP contribution in [-0.2, 0) is 20.8 Å². The van der Waals surface area contributed by atoms with E-state index in [1.807, 2.05) is 0 Å². The summed E-state index contributed by atoms with van der Waals surface area (Å²) in [5.41, 5.74) is -1.26. The minimum atomic E-state index is -0.707. The van der Waals surface area contributed by atoms with Gasteiger partial charge in [-0.1, -0.05) is 23.7 Å². The zero-order chi connectivity index (χ0) is 19.4. The van der Waals surface area contributed by atoms with Crippen molar-refractivity contribution in [2.45, 2.75) is 19.5 Å². The fourth-order valence-electron chi connectivity index (χ4n) is 2.54. The number of nitrogens with zero attached hydrogens (tertiary/aromatic N) is 2. The van der Waals surface area contributed by atoms with E-state index in [4.69, 9.17) is 16.3 Å². The maximum absolute atomic E-state index is 13.8. The first-order valence-electron chi connectivity index (χ1n) is 7.67. The first-order valence-corrected chi connectivity index (χ1v) is 8.05. The maximum Gasteiger partial charge on any atom is 0.331 e. The molecule has 7 nitrogen and oxygen atoms in total. The minimum absolute atomic E-state index is 0.0130. The number of carbonyl (C=O) groups excluding carboxylic acids is 1. The molecular weight excluding hydrogens is 367 g/mol. The Hall–Kier alpha value is -2.45. The van der Waals surface area contributed by atoms with Crippen LogP contribution in [-0.4, -0.2) is 35.9 Å². The SMILES string of the molecule is COCC(C)n1c(=O)c(-c2cccc(F)c2Cl)cn(CC(=O)OC)c1=O. The molecule has 0 spiro atoms. The number of methoxy groups -OCH3 is 2. The predicted octanol–water partition coefficient (Wildman–Crippen LogP) is 1.85. The summed E-state index contributed by atoms with van der Waals surface area (Å²) in [6.45, 7) is 1.30. The maximum atomic E-state index is 13.8. The van der Waals surface area contributed by atoms with Gasteiger partial charge in [-0.2, -0.15) is 0 Å². The Morgan fingerprint density at radius 2 is 1.96 bits per heavy atom. The highest BCUT2D eigenvalue weighted by molar-refractivity contribution is 6.33. The third kappa shape index (κ3) is 3.86. The van der Waals surface area contributed by atoms with Crippen LogP contribution in [0.4, 0.5) is 4.39 Å². The van der Waals surface area contributed by atoms with Crippen LogP contribution in [0.2, 0.25) is 5.02 Å². The molecule has 2 rings (SSSR count). The fourth-order valence-corrected chi connectivity index (χ4v) is 2.77. The van der Waals surface area contributed by atoms with Crippen molar-refractivity contribution >= 4 is 17.6 Å². The van der Waals surface area contributed by atoms with Crippen LogP contribution < -0.4 is 11.2 Å². The molecule has 0 amide bonds. The zero-order valence-corrected chi connectivity index (χ0v) is 15.2. The molecule has 2 aromatic rings. The molecule has 0 aliphatic carbocycles. The summed E-state index contributed by atoms with van der Waals surface area (Å²) in [6.07, 6.45) is 1.18. The number of esters is 1. The molecule has 26 heavy (non-hydrogen) atoms. The number of hydrogen-bond acceptors (Lipinski definition) is 5. The van der Waals surface area contributed by atoms with Crippen LogP contribution in [0, 0.1) is 5.82 Å². The Morgan fingerprint density at radius 1 is 1.27 bits per heavy atom. The van der Waals surface area contributed by atoms with Gasteiger partial charge in [-0.05, 0) is 13.0 Å². The normalized spacial score (nSPS) is 12.0. The predicted molar refractivity (Wildman–Crippen MR) is 94.0 cm³/mol. The molecule has 140 valence electrons. The lowest BCUT2D eigenvalue weighted by molar-refractivity contribution is -0.141. The topological polar surface area (TPSA) is 79.5 Å². The molecule has 0 bridgehead atoms. The van der Waals surface area contributed by atoms with E-state index in [2.05, 4.69) is 4.74 Å². The number of carbonyl (C=O) groups is 1. The number of hydrogen-bond donors (Lipinski definition) is 0. The third-order valence-corrected chi connectivity index (χ3v) is 4.19. The molecule has 1 aromatic heterocycles. The van der Waals surface area contributed by atoms with Gasteiger partial charge in [-0.15, -0.1) is 0 Å². The van der Waals surface area contributed by atoms with E-state index in [1.54, 1.807) is 6.92 Å². The molecule has 0 radical (unpaired) electrons. The van der Waals surface area contributed by atoms with Crippen LogP contribution in [0.25, 0.3) is 11.1 Å². The molecular formula is C17H18ClFN2O5. The second-order valence-corrected chi connectivity index (χ2v) is 5.99. The summed E-state index contributed by atoms with van der Waals surface area (Å²) in [4.78, 5) is 37.1. The van der Waals surface area contributed by atoms with Crippen molar-refractivity contribution in [2.24, 2.45) is 0 Å². The van der Waals surface area contributed by atoms with Gasteiger partial charge in [0, 0.05) is 18.9 Å². The van der Waals surface area contributed by atoms with Gasteiger partial charge in [0.2, 0.25) is 0 Å². The number of benzene rings is 1. The molecule has 0 fully saturated rings. The molecule has 0 aliphatic rings. The number of aromatic nitrogens is 2. The van der Waals surface area contributed by atoms with Gasteiger partial charge < -0.3 is 9.47 Å². The lowest BCUT2D eigenvalue weighted by Gasteiger charge is -2.17. The van der Waals surface area contributed by atoms with Crippen LogP contribution in [0.3, 0.4) is 0 Å². The minimum Gasteiger partial charge on any atom is -0.468 e. The Morgan fingerprint density at radius 3 is 2.58 bits per heavy atom. The first-order chi connectivity index (χ1) is 12.3. The highest BCUT2D eigenvalue weighted by Crippen LogP contribution is 2.27. The van der Waals surface area contributed by atoms with Gasteiger partial charge in [0.1, 0.15) is 12.4 Å². The van der Waals surface area contributed by atoms with E-state index in [0.29, 0.717) is 0 Å². The van der Waals surface area contributed by atoms with E-state index < -0.39 is 35.6 Å². The molecule has 1 aromatic carbocycles. The number of halogens is 2. The zero-order valence-electron chi connectivity index (χ0n) is 14.5. The Kier molecular flexibility index (Phi) is 6.33. The standard InChI is InChI=1S/C17H18ClFN2O5/c1-10(9-25-2)21-16(23)12(11-5-4-6-13(19)15(11)18)7-20(17(21)24)8-14(22)26-3/h4-7,10H,8-9H2,1-3H3. The average Bonchev–Trinajstić information content (AvgIpc) is 2.60. The van der Waals surface area contributed by atoms with Gasteiger partial charge in [-0.25, -0.2) is 9.18 Å². The summed E-state index contributed by atoms with van der Waals surface area (Å²) in [5, 5.41) is -0.251. The van der Waals surface area contributed by atoms with E-state index in [1.165, 1.54) is 32.5 Å². The second-order valence-electron chi connectivity index (χ2n) is 5.61. The highest BCUT2D eigenvalue weighted by atomic mass is 35.5. The van der Waals surface area contributed by atoms with E-state index in [9.17, 15) is 18.8 Å². The largest absolute Gasteiger partial charge is 0.468 e. The third-order valence-electron chi connectivity index (χ3n) is 3.80. The van der Waals surface area contributed by atoms with Crippen LogP contribution in [0.5, 0.6) is 0 Å². The van der Waals surface area contributed by atoms with Crippen molar-refractivity contribution < 1.29 is 18.7 Å². The van der Waals surface area contributed by atoms with Crippen LogP contribution in [0.1, 0.15) is 13.0 Å². The quantitative estimate of drug-likeness (QED) is 0.710. The van der Waals surface area contributed by atoms with Crippen molar-refractivity contribution in [2.75, 3.05) is 20.8 Å². The monoisotopic (exact) mass is 384 g/mol. The van der Waals surface area contributed by atoms with Crippen molar-refractivity contribution in [3.63, 3.8) is 0 Å². The molecule has 9 heteroatoms. The highest BCUT2D eigenvalue weighted by Gasteiger charge is 2.20. The van der Waals surface area contributed by atoms with E-state index >= 15 is 0 Å². The van der Waals surface area contributed by atoms with Gasteiger partial charge in [0.25, 0.3) is 5.56 Å². The van der Waals surface area contributed by atoms with Crippen molar-refractivity contribution in [1.29, 1.82) is 0 Å². The second kappa shape index (κ2) is 8.29. The molecule has 0 aliphatic heterocycles. The molecule has 1 atom stereocenters. The summed E-state index contributed by atoms with van der Waals surface area (Å²) < 4.78 is 25.4.